The molecule has 0 bridgehead atoms. The normalized spacial score (nSPS) is 25.8. The third-order valence-corrected chi connectivity index (χ3v) is 5.71. The molecule has 25 heavy (non-hydrogen) atoms. The standard InChI is InChI=1S/C20H31N3O2/c1-16-13-22(14-17-5-3-2-4-6-17)10-9-19(16)21-20(25)23-11-7-18(15-24)8-12-23/h2-6,16,18-19,24H,7-15H2,1H3,(H,21,25). The van der Waals surface area contributed by atoms with Gasteiger partial charge in [0, 0.05) is 45.4 Å². The minimum atomic E-state index is 0.0738. The van der Waals surface area contributed by atoms with Gasteiger partial charge in [0.05, 0.1) is 0 Å². The molecule has 2 aliphatic heterocycles. The second-order valence-electron chi connectivity index (χ2n) is 7.66. The van der Waals surface area contributed by atoms with E-state index in [1.54, 1.807) is 0 Å². The highest BCUT2D eigenvalue weighted by Crippen LogP contribution is 2.21. The number of benzene rings is 1. The first-order valence-corrected chi connectivity index (χ1v) is 9.58. The molecular formula is C20H31N3O2. The molecule has 5 nitrogen and oxygen atoms in total. The van der Waals surface area contributed by atoms with Crippen molar-refractivity contribution in [1.82, 2.24) is 15.1 Å². The van der Waals surface area contributed by atoms with E-state index in [0.29, 0.717) is 11.8 Å². The Kier molecular flexibility index (Phi) is 6.32. The van der Waals surface area contributed by atoms with Crippen LogP contribution in [-0.4, -0.2) is 59.8 Å². The van der Waals surface area contributed by atoms with Crippen molar-refractivity contribution in [3.63, 3.8) is 0 Å². The van der Waals surface area contributed by atoms with Crippen molar-refractivity contribution in [2.45, 2.75) is 38.8 Å². The lowest BCUT2D eigenvalue weighted by atomic mass is 9.93. The second kappa shape index (κ2) is 8.68. The largest absolute Gasteiger partial charge is 0.396 e. The lowest BCUT2D eigenvalue weighted by molar-refractivity contribution is 0.118. The summed E-state index contributed by atoms with van der Waals surface area (Å²) in [7, 11) is 0. The number of nitrogens with one attached hydrogen (secondary N) is 1. The van der Waals surface area contributed by atoms with Crippen LogP contribution in [0.2, 0.25) is 0 Å². The second-order valence-corrected chi connectivity index (χ2v) is 7.66. The van der Waals surface area contributed by atoms with Gasteiger partial charge in [0.15, 0.2) is 0 Å². The number of hydrogen-bond acceptors (Lipinski definition) is 3. The first-order chi connectivity index (χ1) is 12.2. The van der Waals surface area contributed by atoms with Gasteiger partial charge in [0.2, 0.25) is 0 Å². The van der Waals surface area contributed by atoms with Gasteiger partial charge in [-0.2, -0.15) is 0 Å². The topological polar surface area (TPSA) is 55.8 Å². The molecule has 2 atom stereocenters. The summed E-state index contributed by atoms with van der Waals surface area (Å²) < 4.78 is 0. The van der Waals surface area contributed by atoms with E-state index in [4.69, 9.17) is 0 Å². The lowest BCUT2D eigenvalue weighted by Crippen LogP contribution is -2.54. The molecule has 0 spiro atoms. The molecule has 0 aliphatic carbocycles. The van der Waals surface area contributed by atoms with Crippen LogP contribution in [0.4, 0.5) is 4.79 Å². The molecular weight excluding hydrogens is 314 g/mol. The van der Waals surface area contributed by atoms with E-state index < -0.39 is 0 Å². The van der Waals surface area contributed by atoms with Crippen LogP contribution < -0.4 is 5.32 Å². The maximum Gasteiger partial charge on any atom is 0.317 e. The average Bonchev–Trinajstić information content (AvgIpc) is 2.65. The van der Waals surface area contributed by atoms with Crippen molar-refractivity contribution in [1.29, 1.82) is 0 Å². The van der Waals surface area contributed by atoms with Gasteiger partial charge < -0.3 is 15.3 Å². The number of urea groups is 1. The molecule has 3 rings (SSSR count). The summed E-state index contributed by atoms with van der Waals surface area (Å²) in [4.78, 5) is 16.9. The Morgan fingerprint density at radius 3 is 2.52 bits per heavy atom. The first kappa shape index (κ1) is 18.2. The van der Waals surface area contributed by atoms with Crippen molar-refractivity contribution >= 4 is 6.03 Å². The zero-order chi connectivity index (χ0) is 17.6. The van der Waals surface area contributed by atoms with Crippen LogP contribution in [-0.2, 0) is 6.54 Å². The number of aliphatic hydroxyl groups is 1. The molecule has 2 aliphatic rings. The summed E-state index contributed by atoms with van der Waals surface area (Å²) >= 11 is 0. The maximum atomic E-state index is 12.5. The number of amides is 2. The summed E-state index contributed by atoms with van der Waals surface area (Å²) in [6.07, 6.45) is 2.83. The zero-order valence-electron chi connectivity index (χ0n) is 15.2. The number of piperidine rings is 2. The maximum absolute atomic E-state index is 12.5. The number of likely N-dealkylation sites (tertiary alicyclic amines) is 2. The third-order valence-electron chi connectivity index (χ3n) is 5.71. The molecule has 0 radical (unpaired) electrons. The number of carbonyl (C=O) groups is 1. The van der Waals surface area contributed by atoms with Crippen molar-refractivity contribution in [3.05, 3.63) is 35.9 Å². The Morgan fingerprint density at radius 1 is 1.16 bits per heavy atom. The highest BCUT2D eigenvalue weighted by molar-refractivity contribution is 5.74. The highest BCUT2D eigenvalue weighted by Gasteiger charge is 2.29. The zero-order valence-corrected chi connectivity index (χ0v) is 15.2. The van der Waals surface area contributed by atoms with Gasteiger partial charge in [-0.1, -0.05) is 37.3 Å². The molecule has 138 valence electrons. The van der Waals surface area contributed by atoms with Crippen molar-refractivity contribution in [3.8, 4) is 0 Å². The van der Waals surface area contributed by atoms with Crippen molar-refractivity contribution in [2.24, 2.45) is 11.8 Å². The van der Waals surface area contributed by atoms with E-state index in [0.717, 1.165) is 52.0 Å². The Bertz CT molecular complexity index is 543. The molecule has 0 aromatic heterocycles. The van der Waals surface area contributed by atoms with Gasteiger partial charge in [0.25, 0.3) is 0 Å². The summed E-state index contributed by atoms with van der Waals surface area (Å²) in [6, 6.07) is 10.9. The fourth-order valence-corrected chi connectivity index (χ4v) is 4.00. The first-order valence-electron chi connectivity index (χ1n) is 9.58. The third kappa shape index (κ3) is 4.95. The molecule has 2 unspecified atom stereocenters. The van der Waals surface area contributed by atoms with Gasteiger partial charge in [-0.15, -0.1) is 0 Å². The van der Waals surface area contributed by atoms with E-state index >= 15 is 0 Å². The van der Waals surface area contributed by atoms with E-state index in [1.165, 1.54) is 5.56 Å². The Labute approximate surface area is 151 Å². The molecule has 2 fully saturated rings. The van der Waals surface area contributed by atoms with Crippen LogP contribution in [0.25, 0.3) is 0 Å². The van der Waals surface area contributed by atoms with Crippen molar-refractivity contribution in [2.75, 3.05) is 32.8 Å². The fraction of sp³-hybridized carbons (Fsp3) is 0.650. The number of rotatable bonds is 4. The summed E-state index contributed by atoms with van der Waals surface area (Å²) in [6.45, 7) is 7.03. The SMILES string of the molecule is CC1CN(Cc2ccccc2)CCC1NC(=O)N1CCC(CO)CC1. The summed E-state index contributed by atoms with van der Waals surface area (Å²) in [5.41, 5.74) is 1.35. The molecule has 1 aromatic carbocycles. The Balaban J connectivity index is 1.44. The Hall–Kier alpha value is -1.59. The quantitative estimate of drug-likeness (QED) is 0.880. The van der Waals surface area contributed by atoms with Gasteiger partial charge in [-0.05, 0) is 36.7 Å². The number of aliphatic hydroxyl groups excluding tert-OH is 1. The van der Waals surface area contributed by atoms with Crippen LogP contribution in [0, 0.1) is 11.8 Å². The van der Waals surface area contributed by atoms with Crippen LogP contribution in [0.5, 0.6) is 0 Å². The smallest absolute Gasteiger partial charge is 0.317 e. The molecule has 2 N–H and O–H groups in total. The number of hydrogen-bond donors (Lipinski definition) is 2. The molecule has 5 heteroatoms. The summed E-state index contributed by atoms with van der Waals surface area (Å²) in [5.74, 6) is 0.820. The van der Waals surface area contributed by atoms with E-state index in [1.807, 2.05) is 4.90 Å². The van der Waals surface area contributed by atoms with Gasteiger partial charge in [0.1, 0.15) is 0 Å². The van der Waals surface area contributed by atoms with Crippen LogP contribution in [0.1, 0.15) is 31.7 Å². The monoisotopic (exact) mass is 345 g/mol. The summed E-state index contributed by atoms with van der Waals surface area (Å²) in [5, 5.41) is 12.5. The molecule has 0 saturated carbocycles. The van der Waals surface area contributed by atoms with Gasteiger partial charge >= 0.3 is 6.03 Å². The van der Waals surface area contributed by atoms with Crippen LogP contribution in [0.3, 0.4) is 0 Å². The minimum absolute atomic E-state index is 0.0738. The molecule has 2 saturated heterocycles. The molecule has 2 heterocycles. The Morgan fingerprint density at radius 2 is 1.88 bits per heavy atom. The van der Waals surface area contributed by atoms with Crippen LogP contribution >= 0.6 is 0 Å². The van der Waals surface area contributed by atoms with E-state index in [-0.39, 0.29) is 18.7 Å². The fourth-order valence-electron chi connectivity index (χ4n) is 4.00. The molecule has 2 amide bonds. The number of nitrogens with zero attached hydrogens (tertiary/aromatic N) is 2. The van der Waals surface area contributed by atoms with Crippen molar-refractivity contribution < 1.29 is 9.90 Å². The highest BCUT2D eigenvalue weighted by atomic mass is 16.3. The van der Waals surface area contributed by atoms with Gasteiger partial charge in [-0.25, -0.2) is 4.79 Å². The predicted molar refractivity (Wildman–Crippen MR) is 99.2 cm³/mol. The predicted octanol–water partition coefficient (Wildman–Crippen LogP) is 2.31. The van der Waals surface area contributed by atoms with Gasteiger partial charge in [-0.3, -0.25) is 4.90 Å². The molecule has 1 aromatic rings. The number of carbonyl (C=O) groups excluding carboxylic acids is 1. The van der Waals surface area contributed by atoms with E-state index in [2.05, 4.69) is 47.5 Å². The van der Waals surface area contributed by atoms with Crippen LogP contribution in [0.15, 0.2) is 30.3 Å². The lowest BCUT2D eigenvalue weighted by Gasteiger charge is -2.39. The average molecular weight is 345 g/mol. The minimum Gasteiger partial charge on any atom is -0.396 e. The van der Waals surface area contributed by atoms with E-state index in [9.17, 15) is 9.90 Å².